The first-order valence-corrected chi connectivity index (χ1v) is 10.4. The second kappa shape index (κ2) is 7.25. The second-order valence-corrected chi connectivity index (χ2v) is 10.9. The van der Waals surface area contributed by atoms with Crippen molar-refractivity contribution in [2.24, 2.45) is 11.8 Å². The Morgan fingerprint density at radius 3 is 2.26 bits per heavy atom. The minimum atomic E-state index is -2.99. The van der Waals surface area contributed by atoms with Gasteiger partial charge in [-0.1, -0.05) is 25.0 Å². The maximum absolute atomic E-state index is 12.3. The van der Waals surface area contributed by atoms with Gasteiger partial charge in [-0.25, -0.2) is 8.42 Å². The van der Waals surface area contributed by atoms with E-state index in [4.69, 9.17) is 5.73 Å². The van der Waals surface area contributed by atoms with Crippen LogP contribution < -0.4 is 5.73 Å². The van der Waals surface area contributed by atoms with Crippen LogP contribution in [0.25, 0.3) is 0 Å². The van der Waals surface area contributed by atoms with Gasteiger partial charge in [-0.15, -0.1) is 0 Å². The lowest BCUT2D eigenvalue weighted by atomic mass is 9.80. The van der Waals surface area contributed by atoms with Gasteiger partial charge in [0.2, 0.25) is 0 Å². The van der Waals surface area contributed by atoms with Gasteiger partial charge < -0.3 is 5.73 Å². The average molecular weight is 338 g/mol. The van der Waals surface area contributed by atoms with E-state index in [2.05, 4.69) is 12.1 Å². The lowest BCUT2D eigenvalue weighted by molar-refractivity contribution is 0.278. The van der Waals surface area contributed by atoms with Crippen molar-refractivity contribution in [1.29, 1.82) is 0 Å². The Morgan fingerprint density at radius 1 is 1.09 bits per heavy atom. The Balaban J connectivity index is 1.78. The summed E-state index contributed by atoms with van der Waals surface area (Å²) in [5, 5.41) is 0. The third kappa shape index (κ3) is 5.23. The quantitative estimate of drug-likeness (QED) is 0.818. The molecular weight excluding hydrogens is 306 g/mol. The van der Waals surface area contributed by atoms with Crippen molar-refractivity contribution < 1.29 is 8.42 Å². The fraction of sp³-hybridized carbons (Fsp3) is 0.684. The highest BCUT2D eigenvalue weighted by molar-refractivity contribution is 7.92. The van der Waals surface area contributed by atoms with Crippen molar-refractivity contribution in [2.75, 3.05) is 11.5 Å². The minimum absolute atomic E-state index is 0.350. The smallest absolute Gasteiger partial charge is 0.155 e. The number of nitrogens with two attached hydrogens (primary N) is 1. The van der Waals surface area contributed by atoms with Crippen molar-refractivity contribution in [2.45, 2.75) is 64.0 Å². The van der Waals surface area contributed by atoms with E-state index in [0.29, 0.717) is 11.7 Å². The first-order valence-electron chi connectivity index (χ1n) is 8.74. The Labute approximate surface area is 141 Å². The number of benzene rings is 1. The van der Waals surface area contributed by atoms with Crippen LogP contribution in [0.5, 0.6) is 0 Å². The molecule has 0 spiro atoms. The zero-order valence-electron chi connectivity index (χ0n) is 14.7. The highest BCUT2D eigenvalue weighted by atomic mass is 32.2. The van der Waals surface area contributed by atoms with Crippen molar-refractivity contribution in [1.82, 2.24) is 0 Å². The molecule has 2 rings (SSSR count). The van der Waals surface area contributed by atoms with E-state index in [-0.39, 0.29) is 0 Å². The van der Waals surface area contributed by atoms with Gasteiger partial charge in [-0.05, 0) is 76.0 Å². The summed E-state index contributed by atoms with van der Waals surface area (Å²) in [6.07, 6.45) is 6.68. The van der Waals surface area contributed by atoms with E-state index < -0.39 is 14.6 Å². The molecule has 3 nitrogen and oxygen atoms in total. The highest BCUT2D eigenvalue weighted by Gasteiger charge is 2.33. The summed E-state index contributed by atoms with van der Waals surface area (Å²) in [6, 6.07) is 8.13. The van der Waals surface area contributed by atoms with Crippen LogP contribution in [0.3, 0.4) is 0 Å². The number of sulfone groups is 1. The first kappa shape index (κ1) is 18.3. The van der Waals surface area contributed by atoms with Gasteiger partial charge in [0.05, 0.1) is 10.5 Å². The van der Waals surface area contributed by atoms with Gasteiger partial charge >= 0.3 is 0 Å². The van der Waals surface area contributed by atoms with Gasteiger partial charge in [0.25, 0.3) is 0 Å². The molecular formula is C19H31NO2S. The molecule has 0 atom stereocenters. The molecule has 23 heavy (non-hydrogen) atoms. The van der Waals surface area contributed by atoms with E-state index >= 15 is 0 Å². The van der Waals surface area contributed by atoms with Crippen LogP contribution in [0.2, 0.25) is 0 Å². The Morgan fingerprint density at radius 2 is 1.70 bits per heavy atom. The van der Waals surface area contributed by atoms with Crippen LogP contribution in [0.1, 0.15) is 58.4 Å². The molecule has 1 aromatic rings. The monoisotopic (exact) mass is 337 g/mol. The van der Waals surface area contributed by atoms with Crippen molar-refractivity contribution in [3.8, 4) is 0 Å². The van der Waals surface area contributed by atoms with Gasteiger partial charge in [-0.2, -0.15) is 0 Å². The maximum atomic E-state index is 12.3. The summed E-state index contributed by atoms with van der Waals surface area (Å²) in [6.45, 7) is 5.42. The predicted molar refractivity (Wildman–Crippen MR) is 98.2 cm³/mol. The topological polar surface area (TPSA) is 60.2 Å². The van der Waals surface area contributed by atoms with Crippen LogP contribution in [0, 0.1) is 11.8 Å². The summed E-state index contributed by atoms with van der Waals surface area (Å²) >= 11 is 0. The lowest BCUT2D eigenvalue weighted by Crippen LogP contribution is -2.34. The fourth-order valence-electron chi connectivity index (χ4n) is 3.37. The van der Waals surface area contributed by atoms with E-state index in [1.807, 2.05) is 12.1 Å². The lowest BCUT2D eigenvalue weighted by Gasteiger charge is -2.30. The molecule has 0 amide bonds. The SMILES string of the molecule is CC(C)(C)S(=O)(=O)CC1CCC(CCc2cccc(N)c2)CC1. The van der Waals surface area contributed by atoms with Crippen LogP contribution in [0.4, 0.5) is 5.69 Å². The van der Waals surface area contributed by atoms with Gasteiger partial charge in [0, 0.05) is 5.69 Å². The molecule has 0 heterocycles. The van der Waals surface area contributed by atoms with Crippen LogP contribution in [-0.2, 0) is 16.3 Å². The summed E-state index contributed by atoms with van der Waals surface area (Å²) in [5.41, 5.74) is 7.96. The number of hydrogen-bond acceptors (Lipinski definition) is 3. The molecule has 1 aromatic carbocycles. The molecule has 130 valence electrons. The van der Waals surface area contributed by atoms with Gasteiger partial charge in [0.15, 0.2) is 9.84 Å². The molecule has 0 saturated heterocycles. The molecule has 0 aliphatic heterocycles. The molecule has 0 bridgehead atoms. The molecule has 1 aliphatic carbocycles. The highest BCUT2D eigenvalue weighted by Crippen LogP contribution is 2.34. The van der Waals surface area contributed by atoms with Crippen molar-refractivity contribution in [3.63, 3.8) is 0 Å². The van der Waals surface area contributed by atoms with Gasteiger partial charge in [0.1, 0.15) is 0 Å². The Bertz CT molecular complexity index is 609. The molecule has 0 radical (unpaired) electrons. The summed E-state index contributed by atoms with van der Waals surface area (Å²) < 4.78 is 24.0. The zero-order valence-corrected chi connectivity index (χ0v) is 15.5. The second-order valence-electron chi connectivity index (χ2n) is 8.06. The van der Waals surface area contributed by atoms with E-state index in [1.54, 1.807) is 20.8 Å². The van der Waals surface area contributed by atoms with Crippen molar-refractivity contribution >= 4 is 15.5 Å². The van der Waals surface area contributed by atoms with E-state index in [1.165, 1.54) is 12.0 Å². The van der Waals surface area contributed by atoms with E-state index in [9.17, 15) is 8.42 Å². The number of anilines is 1. The average Bonchev–Trinajstić information content (AvgIpc) is 2.45. The summed E-state index contributed by atoms with van der Waals surface area (Å²) in [5.74, 6) is 1.44. The van der Waals surface area contributed by atoms with E-state index in [0.717, 1.165) is 43.7 Å². The third-order valence-electron chi connectivity index (χ3n) is 5.15. The Kier molecular flexibility index (Phi) is 5.77. The molecule has 0 aromatic heterocycles. The van der Waals surface area contributed by atoms with Crippen LogP contribution in [-0.4, -0.2) is 18.9 Å². The van der Waals surface area contributed by atoms with Crippen LogP contribution in [0.15, 0.2) is 24.3 Å². The van der Waals surface area contributed by atoms with Gasteiger partial charge in [-0.3, -0.25) is 0 Å². The standard InChI is InChI=1S/C19H31NO2S/c1-19(2,3)23(21,22)14-17-11-8-15(9-12-17)7-10-16-5-4-6-18(20)13-16/h4-6,13,15,17H,7-12,14,20H2,1-3H3. The molecule has 1 saturated carbocycles. The maximum Gasteiger partial charge on any atom is 0.155 e. The number of nitrogen functional groups attached to an aromatic ring is 1. The molecule has 0 unspecified atom stereocenters. The fourth-order valence-corrected chi connectivity index (χ4v) is 4.82. The van der Waals surface area contributed by atoms with Crippen LogP contribution >= 0.6 is 0 Å². The molecule has 1 fully saturated rings. The zero-order chi connectivity index (χ0) is 17.1. The van der Waals surface area contributed by atoms with Crippen molar-refractivity contribution in [3.05, 3.63) is 29.8 Å². The predicted octanol–water partition coefficient (Wildman–Crippen LogP) is 4.22. The normalized spacial score (nSPS) is 22.9. The molecule has 1 aliphatic rings. The molecule has 4 heteroatoms. The summed E-state index contributed by atoms with van der Waals surface area (Å²) in [4.78, 5) is 0. The summed E-state index contributed by atoms with van der Waals surface area (Å²) in [7, 11) is -2.99. The number of hydrogen-bond donors (Lipinski definition) is 1. The number of aryl methyl sites for hydroxylation is 1. The third-order valence-corrected chi connectivity index (χ3v) is 7.92. The number of rotatable bonds is 5. The molecule has 2 N–H and O–H groups in total. The largest absolute Gasteiger partial charge is 0.399 e. The first-order chi connectivity index (χ1) is 10.7. The minimum Gasteiger partial charge on any atom is -0.399 e. The Hall–Kier alpha value is -1.03.